The molecule has 1 heterocycles. The van der Waals surface area contributed by atoms with Crippen molar-refractivity contribution in [2.45, 2.75) is 9.92 Å². The number of hydrogen-bond acceptors (Lipinski definition) is 6. The van der Waals surface area contributed by atoms with Crippen LogP contribution in [0.15, 0.2) is 52.8 Å². The molecular weight excluding hydrogens is 258 g/mol. The van der Waals surface area contributed by atoms with Gasteiger partial charge in [0.2, 0.25) is 9.84 Å². The van der Waals surface area contributed by atoms with Crippen LogP contribution in [-0.4, -0.2) is 23.3 Å². The molecule has 92 valence electrons. The average Bonchev–Trinajstić information content (AvgIpc) is 2.40. The quantitative estimate of drug-likeness (QED) is 0.610. The smallest absolute Gasteiger partial charge is 0.260 e. The van der Waals surface area contributed by atoms with Crippen LogP contribution in [0.4, 0.5) is 5.69 Å². The molecular formula is C10H7N3O4S. The first kappa shape index (κ1) is 12.1. The summed E-state index contributed by atoms with van der Waals surface area (Å²) in [6.45, 7) is 0. The third-order valence-corrected chi connectivity index (χ3v) is 3.83. The Bertz CT molecular complexity index is 668. The van der Waals surface area contributed by atoms with Gasteiger partial charge in [0.05, 0.1) is 16.0 Å². The van der Waals surface area contributed by atoms with Gasteiger partial charge < -0.3 is 0 Å². The van der Waals surface area contributed by atoms with Crippen molar-refractivity contribution in [2.75, 3.05) is 0 Å². The predicted octanol–water partition coefficient (Wildman–Crippen LogP) is 1.22. The van der Waals surface area contributed by atoms with Crippen molar-refractivity contribution in [3.63, 3.8) is 0 Å². The van der Waals surface area contributed by atoms with Gasteiger partial charge in [-0.1, -0.05) is 0 Å². The lowest BCUT2D eigenvalue weighted by Gasteiger charge is -2.02. The van der Waals surface area contributed by atoms with Gasteiger partial charge in [-0.15, -0.1) is 0 Å². The number of rotatable bonds is 3. The number of hydrogen-bond donors (Lipinski definition) is 0. The molecule has 1 aromatic heterocycles. The summed E-state index contributed by atoms with van der Waals surface area (Å²) in [7, 11) is -3.78. The van der Waals surface area contributed by atoms with Crippen LogP contribution in [0.3, 0.4) is 0 Å². The summed E-state index contributed by atoms with van der Waals surface area (Å²) in [5.41, 5.74) is -0.173. The van der Waals surface area contributed by atoms with E-state index in [9.17, 15) is 18.5 Å². The maximum Gasteiger partial charge on any atom is 0.269 e. The van der Waals surface area contributed by atoms with Crippen LogP contribution in [0, 0.1) is 10.1 Å². The highest BCUT2D eigenvalue weighted by molar-refractivity contribution is 7.91. The molecule has 0 aliphatic rings. The highest BCUT2D eigenvalue weighted by Crippen LogP contribution is 2.20. The third kappa shape index (κ3) is 2.18. The van der Waals surface area contributed by atoms with Crippen molar-refractivity contribution < 1.29 is 13.3 Å². The first-order chi connectivity index (χ1) is 8.51. The van der Waals surface area contributed by atoms with E-state index in [2.05, 4.69) is 9.97 Å². The van der Waals surface area contributed by atoms with Crippen LogP contribution in [0.1, 0.15) is 0 Å². The molecule has 8 heteroatoms. The number of aromatic nitrogens is 2. The molecule has 0 aliphatic heterocycles. The minimum Gasteiger partial charge on any atom is -0.260 e. The van der Waals surface area contributed by atoms with E-state index in [0.29, 0.717) is 0 Å². The van der Waals surface area contributed by atoms with Crippen molar-refractivity contribution in [3.05, 3.63) is 53.0 Å². The van der Waals surface area contributed by atoms with E-state index in [-0.39, 0.29) is 15.6 Å². The van der Waals surface area contributed by atoms with E-state index < -0.39 is 14.8 Å². The Morgan fingerprint density at radius 3 is 2.28 bits per heavy atom. The fourth-order valence-electron chi connectivity index (χ4n) is 1.29. The number of nitrogens with zero attached hydrogens (tertiary/aromatic N) is 3. The first-order valence-electron chi connectivity index (χ1n) is 4.77. The van der Waals surface area contributed by atoms with Gasteiger partial charge in [-0.25, -0.2) is 13.4 Å². The fraction of sp³-hybridized carbons (Fsp3) is 0. The standard InChI is InChI=1S/C10H7N3O4S/c14-13(15)8-1-3-9(4-2-8)18(16,17)10-7-11-5-6-12-10/h1-7H. The lowest BCUT2D eigenvalue weighted by molar-refractivity contribution is -0.384. The second kappa shape index (κ2) is 4.49. The average molecular weight is 265 g/mol. The predicted molar refractivity (Wildman–Crippen MR) is 60.6 cm³/mol. The van der Waals surface area contributed by atoms with Crippen molar-refractivity contribution in [1.29, 1.82) is 0 Å². The van der Waals surface area contributed by atoms with Crippen LogP contribution >= 0.6 is 0 Å². The lowest BCUT2D eigenvalue weighted by Crippen LogP contribution is -2.04. The Kier molecular flexibility index (Phi) is 3.02. The van der Waals surface area contributed by atoms with E-state index in [0.717, 1.165) is 18.3 Å². The monoisotopic (exact) mass is 265 g/mol. The Hall–Kier alpha value is -2.35. The van der Waals surface area contributed by atoms with E-state index in [1.807, 2.05) is 0 Å². The molecule has 0 bridgehead atoms. The largest absolute Gasteiger partial charge is 0.269 e. The Balaban J connectivity index is 2.46. The summed E-state index contributed by atoms with van der Waals surface area (Å²) >= 11 is 0. The van der Waals surface area contributed by atoms with Crippen molar-refractivity contribution in [2.24, 2.45) is 0 Å². The van der Waals surface area contributed by atoms with Crippen LogP contribution in [0.25, 0.3) is 0 Å². The summed E-state index contributed by atoms with van der Waals surface area (Å²) in [5.74, 6) is 0. The highest BCUT2D eigenvalue weighted by Gasteiger charge is 2.20. The Morgan fingerprint density at radius 1 is 1.11 bits per heavy atom. The number of nitro benzene ring substituents is 1. The van der Waals surface area contributed by atoms with E-state index in [1.54, 1.807) is 0 Å². The van der Waals surface area contributed by atoms with Crippen LogP contribution in [0.5, 0.6) is 0 Å². The third-order valence-electron chi connectivity index (χ3n) is 2.17. The zero-order valence-corrected chi connectivity index (χ0v) is 9.74. The zero-order chi connectivity index (χ0) is 13.2. The number of benzene rings is 1. The Morgan fingerprint density at radius 2 is 1.78 bits per heavy atom. The molecule has 0 radical (unpaired) electrons. The van der Waals surface area contributed by atoms with E-state index >= 15 is 0 Å². The van der Waals surface area contributed by atoms with Crippen LogP contribution in [0.2, 0.25) is 0 Å². The maximum atomic E-state index is 12.0. The summed E-state index contributed by atoms with van der Waals surface area (Å²) in [6, 6.07) is 4.59. The molecule has 0 atom stereocenters. The minimum absolute atomic E-state index is 0.0615. The zero-order valence-electron chi connectivity index (χ0n) is 8.92. The normalized spacial score (nSPS) is 11.1. The SMILES string of the molecule is O=[N+]([O-])c1ccc(S(=O)(=O)c2cnccn2)cc1. The van der Waals surface area contributed by atoms with Crippen molar-refractivity contribution >= 4 is 15.5 Å². The second-order valence-electron chi connectivity index (χ2n) is 3.30. The van der Waals surface area contributed by atoms with Gasteiger partial charge in [0.1, 0.15) is 0 Å². The molecule has 0 unspecified atom stereocenters. The lowest BCUT2D eigenvalue weighted by atomic mass is 10.3. The van der Waals surface area contributed by atoms with Gasteiger partial charge >= 0.3 is 0 Å². The second-order valence-corrected chi connectivity index (χ2v) is 5.19. The molecule has 1 aromatic carbocycles. The van der Waals surface area contributed by atoms with Crippen LogP contribution in [-0.2, 0) is 9.84 Å². The van der Waals surface area contributed by atoms with Gasteiger partial charge in [0.25, 0.3) is 5.69 Å². The summed E-state index contributed by atoms with van der Waals surface area (Å²) < 4.78 is 24.1. The molecule has 7 nitrogen and oxygen atoms in total. The Labute approximate surface area is 102 Å². The topological polar surface area (TPSA) is 103 Å². The molecule has 0 fully saturated rings. The van der Waals surface area contributed by atoms with E-state index in [4.69, 9.17) is 0 Å². The molecule has 0 saturated carbocycles. The van der Waals surface area contributed by atoms with Gasteiger partial charge in [0.15, 0.2) is 5.03 Å². The molecule has 2 aromatic rings. The molecule has 0 saturated heterocycles. The van der Waals surface area contributed by atoms with Crippen molar-refractivity contribution in [3.8, 4) is 0 Å². The fourth-order valence-corrected chi connectivity index (χ4v) is 2.43. The van der Waals surface area contributed by atoms with E-state index in [1.165, 1.54) is 24.5 Å². The molecule has 2 rings (SSSR count). The highest BCUT2D eigenvalue weighted by atomic mass is 32.2. The molecule has 0 spiro atoms. The summed E-state index contributed by atoms with van der Waals surface area (Å²) in [6.07, 6.45) is 3.74. The van der Waals surface area contributed by atoms with Crippen molar-refractivity contribution in [1.82, 2.24) is 9.97 Å². The maximum absolute atomic E-state index is 12.0. The number of non-ortho nitro benzene ring substituents is 1. The minimum atomic E-state index is -3.78. The van der Waals surface area contributed by atoms with Gasteiger partial charge in [-0.05, 0) is 12.1 Å². The van der Waals surface area contributed by atoms with Gasteiger partial charge in [-0.3, -0.25) is 15.1 Å². The molecule has 0 aliphatic carbocycles. The number of sulfone groups is 1. The molecule has 18 heavy (non-hydrogen) atoms. The van der Waals surface area contributed by atoms with Crippen LogP contribution < -0.4 is 0 Å². The molecule has 0 N–H and O–H groups in total. The molecule has 0 amide bonds. The van der Waals surface area contributed by atoms with Gasteiger partial charge in [0, 0.05) is 24.5 Å². The summed E-state index contributed by atoms with van der Waals surface area (Å²) in [5, 5.41) is 10.3. The van der Waals surface area contributed by atoms with Gasteiger partial charge in [-0.2, -0.15) is 0 Å². The summed E-state index contributed by atoms with van der Waals surface area (Å²) in [4.78, 5) is 17.2. The first-order valence-corrected chi connectivity index (χ1v) is 6.26. The number of nitro groups is 1.